The molecule has 0 aliphatic carbocycles. The van der Waals surface area contributed by atoms with Gasteiger partial charge in [-0.1, -0.05) is 0 Å². The minimum atomic E-state index is 0.646. The summed E-state index contributed by atoms with van der Waals surface area (Å²) in [5.74, 6) is 0.766. The molecule has 0 saturated heterocycles. The van der Waals surface area contributed by atoms with Crippen LogP contribution in [0, 0.1) is 6.92 Å². The number of hydrogen-bond acceptors (Lipinski definition) is 4. The standard InChI is InChI=1S/C11H12N6/c1-7-10-8(12)3-4-13-11(10)15-17(7)9-5-16(2)6-14-9/h3-6H,12H2,1-2H3. The molecular weight excluding hydrogens is 216 g/mol. The molecule has 2 N–H and O–H groups in total. The van der Waals surface area contributed by atoms with Crippen molar-refractivity contribution in [2.45, 2.75) is 6.92 Å². The molecule has 3 aromatic rings. The fourth-order valence-electron chi connectivity index (χ4n) is 1.92. The first-order valence-corrected chi connectivity index (χ1v) is 5.25. The van der Waals surface area contributed by atoms with Crippen LogP contribution >= 0.6 is 0 Å². The van der Waals surface area contributed by atoms with Crippen molar-refractivity contribution < 1.29 is 0 Å². The van der Waals surface area contributed by atoms with Gasteiger partial charge in [0.2, 0.25) is 0 Å². The molecule has 17 heavy (non-hydrogen) atoms. The summed E-state index contributed by atoms with van der Waals surface area (Å²) >= 11 is 0. The second kappa shape index (κ2) is 3.31. The fourth-order valence-corrected chi connectivity index (χ4v) is 1.92. The number of pyridine rings is 1. The van der Waals surface area contributed by atoms with Crippen molar-refractivity contribution in [1.29, 1.82) is 0 Å². The Morgan fingerprint density at radius 2 is 2.12 bits per heavy atom. The van der Waals surface area contributed by atoms with Gasteiger partial charge in [-0.15, -0.1) is 5.10 Å². The van der Waals surface area contributed by atoms with Crippen LogP contribution in [0.5, 0.6) is 0 Å². The van der Waals surface area contributed by atoms with Crippen molar-refractivity contribution in [2.24, 2.45) is 7.05 Å². The van der Waals surface area contributed by atoms with Gasteiger partial charge in [0.25, 0.3) is 0 Å². The maximum Gasteiger partial charge on any atom is 0.183 e. The van der Waals surface area contributed by atoms with Gasteiger partial charge in [0.05, 0.1) is 17.4 Å². The highest BCUT2D eigenvalue weighted by atomic mass is 15.3. The van der Waals surface area contributed by atoms with Crippen LogP contribution in [0.15, 0.2) is 24.8 Å². The Balaban J connectivity index is 2.32. The summed E-state index contributed by atoms with van der Waals surface area (Å²) in [6.07, 6.45) is 5.29. The Morgan fingerprint density at radius 1 is 1.29 bits per heavy atom. The molecule has 0 bridgehead atoms. The summed E-state index contributed by atoms with van der Waals surface area (Å²) in [6, 6.07) is 1.78. The highest BCUT2D eigenvalue weighted by Gasteiger charge is 2.13. The molecule has 0 amide bonds. The quantitative estimate of drug-likeness (QED) is 0.675. The van der Waals surface area contributed by atoms with Gasteiger partial charge in [0.1, 0.15) is 0 Å². The van der Waals surface area contributed by atoms with Crippen molar-refractivity contribution in [3.63, 3.8) is 0 Å². The molecule has 3 heterocycles. The maximum absolute atomic E-state index is 5.93. The van der Waals surface area contributed by atoms with Gasteiger partial charge < -0.3 is 10.3 Å². The van der Waals surface area contributed by atoms with E-state index in [1.807, 2.05) is 24.7 Å². The highest BCUT2D eigenvalue weighted by Crippen LogP contribution is 2.23. The van der Waals surface area contributed by atoms with E-state index in [1.54, 1.807) is 23.3 Å². The van der Waals surface area contributed by atoms with E-state index in [1.165, 1.54) is 0 Å². The van der Waals surface area contributed by atoms with E-state index in [0.29, 0.717) is 11.3 Å². The van der Waals surface area contributed by atoms with Crippen LogP contribution in [0.2, 0.25) is 0 Å². The summed E-state index contributed by atoms with van der Waals surface area (Å²) in [6.45, 7) is 1.96. The molecule has 0 unspecified atom stereocenters. The van der Waals surface area contributed by atoms with E-state index < -0.39 is 0 Å². The number of aromatic nitrogens is 5. The van der Waals surface area contributed by atoms with Gasteiger partial charge in [0, 0.05) is 25.1 Å². The van der Waals surface area contributed by atoms with E-state index >= 15 is 0 Å². The highest BCUT2D eigenvalue weighted by molar-refractivity contribution is 5.90. The molecule has 0 saturated carbocycles. The molecule has 0 aliphatic rings. The van der Waals surface area contributed by atoms with Gasteiger partial charge >= 0.3 is 0 Å². The zero-order chi connectivity index (χ0) is 12.0. The SMILES string of the molecule is Cc1c2c(N)ccnc2nn1-c1cn(C)cn1. The number of nitrogens with two attached hydrogens (primary N) is 1. The van der Waals surface area contributed by atoms with Gasteiger partial charge in [-0.2, -0.15) is 0 Å². The van der Waals surface area contributed by atoms with Crippen molar-refractivity contribution in [2.75, 3.05) is 5.73 Å². The zero-order valence-corrected chi connectivity index (χ0v) is 9.62. The Kier molecular flexibility index (Phi) is 1.91. The third-order valence-electron chi connectivity index (χ3n) is 2.75. The number of anilines is 1. The Morgan fingerprint density at radius 3 is 2.76 bits per heavy atom. The van der Waals surface area contributed by atoms with Crippen LogP contribution in [0.25, 0.3) is 16.9 Å². The van der Waals surface area contributed by atoms with Gasteiger partial charge in [-0.25, -0.2) is 14.6 Å². The molecule has 0 atom stereocenters. The summed E-state index contributed by atoms with van der Waals surface area (Å²) in [7, 11) is 1.92. The second-order valence-electron chi connectivity index (χ2n) is 3.99. The van der Waals surface area contributed by atoms with Gasteiger partial charge in [0.15, 0.2) is 11.5 Å². The largest absolute Gasteiger partial charge is 0.398 e. The zero-order valence-electron chi connectivity index (χ0n) is 9.62. The maximum atomic E-state index is 5.93. The fraction of sp³-hybridized carbons (Fsp3) is 0.182. The van der Waals surface area contributed by atoms with E-state index in [4.69, 9.17) is 5.73 Å². The smallest absolute Gasteiger partial charge is 0.183 e. The van der Waals surface area contributed by atoms with E-state index in [0.717, 1.165) is 16.9 Å². The number of imidazole rings is 1. The third kappa shape index (κ3) is 1.37. The molecule has 3 rings (SSSR count). The Labute approximate surface area is 97.7 Å². The summed E-state index contributed by atoms with van der Waals surface area (Å²) in [5, 5.41) is 5.29. The minimum Gasteiger partial charge on any atom is -0.398 e. The first-order valence-electron chi connectivity index (χ1n) is 5.25. The summed E-state index contributed by atoms with van der Waals surface area (Å²) in [5.41, 5.74) is 8.22. The van der Waals surface area contributed by atoms with Crippen LogP contribution in [0.3, 0.4) is 0 Å². The number of nitrogens with zero attached hydrogens (tertiary/aromatic N) is 5. The van der Waals surface area contributed by atoms with Gasteiger partial charge in [-0.05, 0) is 13.0 Å². The van der Waals surface area contributed by atoms with Crippen LogP contribution in [-0.4, -0.2) is 24.3 Å². The number of aryl methyl sites for hydroxylation is 2. The second-order valence-corrected chi connectivity index (χ2v) is 3.99. The average Bonchev–Trinajstić information content (AvgIpc) is 2.84. The Bertz CT molecular complexity index is 693. The lowest BCUT2D eigenvalue weighted by Gasteiger charge is -1.98. The van der Waals surface area contributed by atoms with Crippen LogP contribution < -0.4 is 5.73 Å². The molecular formula is C11H12N6. The summed E-state index contributed by atoms with van der Waals surface area (Å²) < 4.78 is 3.63. The molecule has 0 radical (unpaired) electrons. The van der Waals surface area contributed by atoms with Gasteiger partial charge in [-0.3, -0.25) is 0 Å². The number of nitrogen functional groups attached to an aromatic ring is 1. The lowest BCUT2D eigenvalue weighted by atomic mass is 10.2. The van der Waals surface area contributed by atoms with Crippen molar-refractivity contribution >= 4 is 16.7 Å². The van der Waals surface area contributed by atoms with Crippen LogP contribution in [0.4, 0.5) is 5.69 Å². The third-order valence-corrected chi connectivity index (χ3v) is 2.75. The topological polar surface area (TPSA) is 74.5 Å². The van der Waals surface area contributed by atoms with Crippen molar-refractivity contribution in [3.05, 3.63) is 30.5 Å². The molecule has 6 nitrogen and oxygen atoms in total. The molecule has 0 aliphatic heterocycles. The first kappa shape index (κ1) is 9.83. The minimum absolute atomic E-state index is 0.646. The molecule has 6 heteroatoms. The summed E-state index contributed by atoms with van der Waals surface area (Å²) in [4.78, 5) is 8.48. The van der Waals surface area contributed by atoms with Crippen molar-refractivity contribution in [1.82, 2.24) is 24.3 Å². The van der Waals surface area contributed by atoms with Crippen molar-refractivity contribution in [3.8, 4) is 5.82 Å². The van der Waals surface area contributed by atoms with E-state index in [9.17, 15) is 0 Å². The lowest BCUT2D eigenvalue weighted by molar-refractivity contribution is 0.830. The average molecular weight is 228 g/mol. The van der Waals surface area contributed by atoms with E-state index in [-0.39, 0.29) is 0 Å². The number of fused-ring (bicyclic) bond motifs is 1. The first-order chi connectivity index (χ1) is 8.16. The molecule has 86 valence electrons. The normalized spacial score (nSPS) is 11.2. The predicted octanol–water partition coefficient (Wildman–Crippen LogP) is 1.04. The monoisotopic (exact) mass is 228 g/mol. The molecule has 0 fully saturated rings. The van der Waals surface area contributed by atoms with Crippen LogP contribution in [-0.2, 0) is 7.05 Å². The Hall–Kier alpha value is -2.37. The lowest BCUT2D eigenvalue weighted by Crippen LogP contribution is -1.99. The predicted molar refractivity (Wildman–Crippen MR) is 64.8 cm³/mol. The molecule has 0 aromatic carbocycles. The number of rotatable bonds is 1. The van der Waals surface area contributed by atoms with Crippen LogP contribution in [0.1, 0.15) is 5.69 Å². The van der Waals surface area contributed by atoms with E-state index in [2.05, 4.69) is 15.1 Å². The molecule has 0 spiro atoms. The number of hydrogen-bond donors (Lipinski definition) is 1. The molecule has 3 aromatic heterocycles.